The van der Waals surface area contributed by atoms with Gasteiger partial charge in [0.05, 0.1) is 5.69 Å². The first-order valence-corrected chi connectivity index (χ1v) is 8.50. The maximum absolute atomic E-state index is 12.2. The summed E-state index contributed by atoms with van der Waals surface area (Å²) in [6.45, 7) is 0.643. The molecule has 22 heavy (non-hydrogen) atoms. The van der Waals surface area contributed by atoms with Gasteiger partial charge in [-0.2, -0.15) is 5.10 Å². The van der Waals surface area contributed by atoms with Crippen molar-refractivity contribution in [3.63, 3.8) is 0 Å². The van der Waals surface area contributed by atoms with Crippen LogP contribution in [0.5, 0.6) is 0 Å². The summed E-state index contributed by atoms with van der Waals surface area (Å²) in [5.74, 6) is 1.10. The predicted molar refractivity (Wildman–Crippen MR) is 82.1 cm³/mol. The molecule has 0 saturated heterocycles. The van der Waals surface area contributed by atoms with E-state index in [4.69, 9.17) is 0 Å². The van der Waals surface area contributed by atoms with Gasteiger partial charge in [0.15, 0.2) is 5.13 Å². The Morgan fingerprint density at radius 1 is 1.41 bits per heavy atom. The number of aryl methyl sites for hydroxylation is 1. The van der Waals surface area contributed by atoms with Crippen LogP contribution in [0.25, 0.3) is 0 Å². The van der Waals surface area contributed by atoms with Crippen LogP contribution in [0.4, 0.5) is 5.13 Å². The minimum Gasteiger partial charge on any atom is -0.300 e. The molecule has 0 unspecified atom stereocenters. The Bertz CT molecular complexity index is 771. The number of hydrogen-bond acceptors (Lipinski definition) is 5. The molecule has 7 nitrogen and oxygen atoms in total. The van der Waals surface area contributed by atoms with Crippen molar-refractivity contribution < 1.29 is 4.79 Å². The first-order chi connectivity index (χ1) is 10.7. The highest BCUT2D eigenvalue weighted by molar-refractivity contribution is 7.13. The molecule has 3 heterocycles. The van der Waals surface area contributed by atoms with Crippen LogP contribution in [-0.4, -0.2) is 25.2 Å². The second-order valence-corrected chi connectivity index (χ2v) is 6.72. The van der Waals surface area contributed by atoms with E-state index in [9.17, 15) is 9.59 Å². The smallest absolute Gasteiger partial charge is 0.300 e. The van der Waals surface area contributed by atoms with Gasteiger partial charge < -0.3 is 5.32 Å². The third-order valence-electron chi connectivity index (χ3n) is 4.09. The molecular weight excluding hydrogens is 302 g/mol. The minimum absolute atomic E-state index is 0.0584. The number of carbonyl (C=O) groups excluding carboxylic acids is 1. The maximum atomic E-state index is 12.2. The average molecular weight is 319 g/mol. The molecule has 1 aliphatic heterocycles. The van der Waals surface area contributed by atoms with Gasteiger partial charge in [-0.15, -0.1) is 11.3 Å². The van der Waals surface area contributed by atoms with E-state index in [1.165, 1.54) is 28.9 Å². The molecule has 0 atom stereocenters. The molecule has 0 radical (unpaired) electrons. The first-order valence-electron chi connectivity index (χ1n) is 7.62. The lowest BCUT2D eigenvalue weighted by Gasteiger charge is -2.09. The molecule has 1 amide bonds. The quantitative estimate of drug-likeness (QED) is 0.922. The van der Waals surface area contributed by atoms with Crippen LogP contribution in [0.15, 0.2) is 10.2 Å². The highest BCUT2D eigenvalue weighted by atomic mass is 32.1. The number of anilines is 1. The van der Waals surface area contributed by atoms with E-state index < -0.39 is 0 Å². The third-order valence-corrected chi connectivity index (χ3v) is 4.86. The van der Waals surface area contributed by atoms with Crippen LogP contribution in [0.1, 0.15) is 43.1 Å². The lowest BCUT2D eigenvalue weighted by Crippen LogP contribution is -2.30. The number of amides is 1. The van der Waals surface area contributed by atoms with Gasteiger partial charge >= 0.3 is 5.69 Å². The molecule has 1 N–H and O–H groups in total. The van der Waals surface area contributed by atoms with Crippen molar-refractivity contribution in [1.29, 1.82) is 0 Å². The van der Waals surface area contributed by atoms with Gasteiger partial charge in [-0.25, -0.2) is 14.5 Å². The van der Waals surface area contributed by atoms with Gasteiger partial charge in [-0.05, 0) is 25.7 Å². The molecule has 0 spiro atoms. The second-order valence-electron chi connectivity index (χ2n) is 5.87. The monoisotopic (exact) mass is 319 g/mol. The molecule has 1 aliphatic carbocycles. The highest BCUT2D eigenvalue weighted by Gasteiger charge is 2.26. The van der Waals surface area contributed by atoms with Crippen LogP contribution in [0.2, 0.25) is 0 Å². The zero-order valence-electron chi connectivity index (χ0n) is 12.1. The first kappa shape index (κ1) is 13.7. The molecule has 0 bridgehead atoms. The Balaban J connectivity index is 1.45. The minimum atomic E-state index is -0.255. The largest absolute Gasteiger partial charge is 0.346 e. The molecule has 116 valence electrons. The Hall–Kier alpha value is -1.96. The molecule has 8 heteroatoms. The van der Waals surface area contributed by atoms with E-state index in [2.05, 4.69) is 15.4 Å². The summed E-state index contributed by atoms with van der Waals surface area (Å²) in [5, 5.41) is 9.62. The van der Waals surface area contributed by atoms with E-state index in [1.807, 2.05) is 5.38 Å². The van der Waals surface area contributed by atoms with E-state index in [-0.39, 0.29) is 18.1 Å². The summed E-state index contributed by atoms with van der Waals surface area (Å²) >= 11 is 1.43. The number of nitrogens with one attached hydrogen (secondary N) is 1. The van der Waals surface area contributed by atoms with Gasteiger partial charge in [-0.1, -0.05) is 0 Å². The maximum Gasteiger partial charge on any atom is 0.346 e. The van der Waals surface area contributed by atoms with E-state index >= 15 is 0 Å². The number of nitrogens with zero attached hydrogens (tertiary/aromatic N) is 4. The third kappa shape index (κ3) is 2.58. The van der Waals surface area contributed by atoms with Gasteiger partial charge in [0, 0.05) is 24.3 Å². The summed E-state index contributed by atoms with van der Waals surface area (Å²) in [7, 11) is 0. The topological polar surface area (TPSA) is 81.8 Å². The van der Waals surface area contributed by atoms with Gasteiger partial charge in [0.1, 0.15) is 12.4 Å². The van der Waals surface area contributed by atoms with E-state index in [1.54, 1.807) is 4.57 Å². The summed E-state index contributed by atoms with van der Waals surface area (Å²) in [5.41, 5.74) is 0.873. The van der Waals surface area contributed by atoms with Crippen LogP contribution < -0.4 is 11.0 Å². The summed E-state index contributed by atoms with van der Waals surface area (Å²) in [6.07, 6.45) is 5.22. The molecule has 0 aromatic carbocycles. The van der Waals surface area contributed by atoms with Gasteiger partial charge in [0.2, 0.25) is 5.91 Å². The SMILES string of the molecule is O=C(Cn1nc2n(c1=O)CCCC2)Nc1nc(C2CC2)cs1. The molecule has 4 rings (SSSR count). The Morgan fingerprint density at radius 3 is 3.05 bits per heavy atom. The average Bonchev–Trinajstić information content (AvgIpc) is 3.19. The van der Waals surface area contributed by atoms with Crippen molar-refractivity contribution in [2.24, 2.45) is 0 Å². The normalized spacial score (nSPS) is 17.3. The lowest BCUT2D eigenvalue weighted by molar-refractivity contribution is -0.117. The van der Waals surface area contributed by atoms with Crippen molar-refractivity contribution in [3.8, 4) is 0 Å². The Kier molecular flexibility index (Phi) is 3.33. The van der Waals surface area contributed by atoms with Crippen molar-refractivity contribution in [1.82, 2.24) is 19.3 Å². The van der Waals surface area contributed by atoms with Crippen LogP contribution in [-0.2, 0) is 24.3 Å². The number of carbonyl (C=O) groups is 1. The van der Waals surface area contributed by atoms with E-state index in [0.29, 0.717) is 17.6 Å². The van der Waals surface area contributed by atoms with Crippen molar-refractivity contribution >= 4 is 22.4 Å². The molecule has 1 saturated carbocycles. The zero-order chi connectivity index (χ0) is 15.1. The standard InChI is InChI=1S/C14H17N5O2S/c20-12(16-13-15-10(8-22-13)9-4-5-9)7-19-14(21)18-6-2-1-3-11(18)17-19/h8-9H,1-7H2,(H,15,16,20). The van der Waals surface area contributed by atoms with Crippen LogP contribution in [0, 0.1) is 0 Å². The number of rotatable bonds is 4. The fourth-order valence-electron chi connectivity index (χ4n) is 2.76. The fourth-order valence-corrected chi connectivity index (χ4v) is 3.56. The van der Waals surface area contributed by atoms with Crippen molar-refractivity contribution in [2.75, 3.05) is 5.32 Å². The summed E-state index contributed by atoms with van der Waals surface area (Å²) in [6, 6.07) is 0. The van der Waals surface area contributed by atoms with Crippen molar-refractivity contribution in [3.05, 3.63) is 27.4 Å². The molecule has 2 aromatic heterocycles. The lowest BCUT2D eigenvalue weighted by atomic mass is 10.2. The summed E-state index contributed by atoms with van der Waals surface area (Å²) < 4.78 is 2.93. The Labute approximate surface area is 131 Å². The van der Waals surface area contributed by atoms with E-state index in [0.717, 1.165) is 30.8 Å². The fraction of sp³-hybridized carbons (Fsp3) is 0.571. The molecule has 2 aliphatic rings. The zero-order valence-corrected chi connectivity index (χ0v) is 12.9. The Morgan fingerprint density at radius 2 is 2.27 bits per heavy atom. The van der Waals surface area contributed by atoms with Crippen LogP contribution in [0.3, 0.4) is 0 Å². The molecular formula is C14H17N5O2S. The predicted octanol–water partition coefficient (Wildman–Crippen LogP) is 1.35. The number of thiazole rings is 1. The number of fused-ring (bicyclic) bond motifs is 1. The van der Waals surface area contributed by atoms with Crippen LogP contribution >= 0.6 is 11.3 Å². The second kappa shape index (κ2) is 5.35. The van der Waals surface area contributed by atoms with Crippen molar-refractivity contribution in [2.45, 2.75) is 51.1 Å². The van der Waals surface area contributed by atoms with Gasteiger partial charge in [-0.3, -0.25) is 9.36 Å². The number of hydrogen-bond donors (Lipinski definition) is 1. The highest BCUT2D eigenvalue weighted by Crippen LogP contribution is 2.40. The molecule has 2 aromatic rings. The number of aromatic nitrogens is 4. The van der Waals surface area contributed by atoms with Gasteiger partial charge in [0.25, 0.3) is 0 Å². The molecule has 1 fully saturated rings. The summed E-state index contributed by atoms with van der Waals surface area (Å²) in [4.78, 5) is 28.7.